The fourth-order valence-corrected chi connectivity index (χ4v) is 0.991. The van der Waals surface area contributed by atoms with Crippen molar-refractivity contribution >= 4 is 16.2 Å². The zero-order chi connectivity index (χ0) is 9.19. The highest BCUT2D eigenvalue weighted by atomic mass is 32.3. The molecule has 4 nitrogen and oxygen atoms in total. The third-order valence-corrected chi connectivity index (χ3v) is 1.48. The van der Waals surface area contributed by atoms with Gasteiger partial charge in [0, 0.05) is 5.69 Å². The third kappa shape index (κ3) is 2.75. The van der Waals surface area contributed by atoms with Crippen molar-refractivity contribution in [2.24, 2.45) is 0 Å². The molecule has 0 radical (unpaired) electrons. The Morgan fingerprint density at radius 3 is 2.33 bits per heavy atom. The summed E-state index contributed by atoms with van der Waals surface area (Å²) in [5, 5.41) is 0. The van der Waals surface area contributed by atoms with E-state index < -0.39 is 10.5 Å². The largest absolute Gasteiger partial charge is 0.655 e. The Hall–Kier alpha value is -1.30. The second-order valence-corrected chi connectivity index (χ2v) is 3.06. The van der Waals surface area contributed by atoms with Gasteiger partial charge in [-0.15, -0.1) is 4.21 Å². The number of nitrogen functional groups attached to an aromatic ring is 1. The molecule has 1 atom stereocenters. The summed E-state index contributed by atoms with van der Waals surface area (Å²) in [5.41, 5.74) is 5.77. The Kier molecular flexibility index (Phi) is 2.18. The molecule has 1 rings (SSSR count). The van der Waals surface area contributed by atoms with Crippen molar-refractivity contribution in [2.75, 3.05) is 5.73 Å². The van der Waals surface area contributed by atoms with Crippen molar-refractivity contribution in [3.8, 4) is 5.75 Å². The standard InChI is InChI=1S/C6H6FNO3S/c7-12(9,10)11-6-3-1-5(8)2-4-6/h1-4H,8H2/p+1. The van der Waals surface area contributed by atoms with Crippen LogP contribution in [-0.2, 0) is 10.5 Å². The summed E-state index contributed by atoms with van der Waals surface area (Å²) < 4.78 is 34.2. The van der Waals surface area contributed by atoms with Gasteiger partial charge in [-0.1, -0.05) is 0 Å². The smallest absolute Gasteiger partial charge is 0.399 e. The van der Waals surface area contributed by atoms with E-state index in [1.807, 2.05) is 0 Å². The van der Waals surface area contributed by atoms with Crippen molar-refractivity contribution in [1.82, 2.24) is 0 Å². The molecule has 0 heterocycles. The van der Waals surface area contributed by atoms with Gasteiger partial charge in [0.1, 0.15) is 0 Å². The lowest BCUT2D eigenvalue weighted by Gasteiger charge is -1.95. The molecule has 0 aliphatic heterocycles. The Bertz CT molecular complexity index is 359. The predicted octanol–water partition coefficient (Wildman–Crippen LogP) is 1.02. The zero-order valence-electron chi connectivity index (χ0n) is 5.94. The van der Waals surface area contributed by atoms with E-state index in [1.54, 1.807) is 0 Å². The topological polar surface area (TPSA) is 73.7 Å². The van der Waals surface area contributed by atoms with Crippen molar-refractivity contribution in [3.63, 3.8) is 0 Å². The molecule has 6 heteroatoms. The van der Waals surface area contributed by atoms with E-state index >= 15 is 0 Å². The van der Waals surface area contributed by atoms with Crippen LogP contribution in [0.25, 0.3) is 0 Å². The van der Waals surface area contributed by atoms with Crippen LogP contribution in [0.1, 0.15) is 0 Å². The summed E-state index contributed by atoms with van der Waals surface area (Å²) in [6.45, 7) is 0. The highest BCUT2D eigenvalue weighted by Gasteiger charge is 2.16. The predicted molar refractivity (Wildman–Crippen MR) is 42.7 cm³/mol. The Labute approximate surface area is 69.2 Å². The lowest BCUT2D eigenvalue weighted by atomic mass is 10.3. The van der Waals surface area contributed by atoms with E-state index in [-0.39, 0.29) is 5.75 Å². The van der Waals surface area contributed by atoms with Gasteiger partial charge in [0.05, 0.1) is 0 Å². The number of hydrogen-bond donors (Lipinski definition) is 1. The molecule has 3 N–H and O–H groups in total. The molecule has 0 fully saturated rings. The van der Waals surface area contributed by atoms with Crippen LogP contribution in [0.15, 0.2) is 24.3 Å². The molecule has 0 amide bonds. The minimum Gasteiger partial charge on any atom is -0.399 e. The Morgan fingerprint density at radius 2 is 1.92 bits per heavy atom. The summed E-state index contributed by atoms with van der Waals surface area (Å²) in [6.07, 6.45) is 0. The van der Waals surface area contributed by atoms with Gasteiger partial charge in [0.2, 0.25) is 0 Å². The summed E-state index contributed by atoms with van der Waals surface area (Å²) >= 11 is 0. The number of hydrogen-bond acceptors (Lipinski definition) is 3. The Morgan fingerprint density at radius 1 is 1.42 bits per heavy atom. The van der Waals surface area contributed by atoms with Crippen molar-refractivity contribution < 1.29 is 16.5 Å². The van der Waals surface area contributed by atoms with E-state index in [4.69, 9.17) is 9.94 Å². The molecule has 66 valence electrons. The number of halogens is 1. The molecule has 0 saturated heterocycles. The van der Waals surface area contributed by atoms with Gasteiger partial charge < -0.3 is 9.92 Å². The fourth-order valence-electron chi connectivity index (χ4n) is 0.642. The first-order chi connectivity index (χ1) is 5.47. The zero-order valence-corrected chi connectivity index (χ0v) is 6.75. The van der Waals surface area contributed by atoms with E-state index in [2.05, 4.69) is 4.18 Å². The maximum atomic E-state index is 12.0. The molecule has 0 aliphatic rings. The highest BCUT2D eigenvalue weighted by Crippen LogP contribution is 2.15. The van der Waals surface area contributed by atoms with Crippen LogP contribution in [0.2, 0.25) is 0 Å². The molecular formula is C6H7FNO3S+. The summed E-state index contributed by atoms with van der Waals surface area (Å²) in [5.74, 6) is -0.0424. The van der Waals surface area contributed by atoms with Gasteiger partial charge >= 0.3 is 10.5 Å². The monoisotopic (exact) mass is 192 g/mol. The lowest BCUT2D eigenvalue weighted by molar-refractivity contribution is 0.450. The van der Waals surface area contributed by atoms with Crippen molar-refractivity contribution in [3.05, 3.63) is 24.3 Å². The van der Waals surface area contributed by atoms with Gasteiger partial charge in [0.15, 0.2) is 5.75 Å². The van der Waals surface area contributed by atoms with Crippen LogP contribution >= 0.6 is 0 Å². The second kappa shape index (κ2) is 2.98. The first kappa shape index (κ1) is 8.79. The first-order valence-corrected chi connectivity index (χ1v) is 4.32. The van der Waals surface area contributed by atoms with Crippen LogP contribution in [0.4, 0.5) is 9.57 Å². The maximum Gasteiger partial charge on any atom is 0.655 e. The van der Waals surface area contributed by atoms with Crippen LogP contribution in [0, 0.1) is 0 Å². The fraction of sp³-hybridized carbons (Fsp3) is 0. The lowest BCUT2D eigenvalue weighted by Crippen LogP contribution is -2.00. The van der Waals surface area contributed by atoms with Crippen LogP contribution in [-0.4, -0.2) is 8.42 Å². The van der Waals surface area contributed by atoms with Crippen molar-refractivity contribution in [1.29, 1.82) is 0 Å². The summed E-state index contributed by atoms with van der Waals surface area (Å²) in [7, 11) is -4.68. The molecular weight excluding hydrogens is 185 g/mol. The average Bonchev–Trinajstić information content (AvgIpc) is 1.91. The second-order valence-electron chi connectivity index (χ2n) is 2.06. The minimum atomic E-state index is -4.68. The number of nitrogens with two attached hydrogens (primary N) is 1. The Balaban J connectivity index is 2.85. The van der Waals surface area contributed by atoms with Gasteiger partial charge in [-0.3, -0.25) is 0 Å². The van der Waals surface area contributed by atoms with Crippen LogP contribution < -0.4 is 9.92 Å². The SMILES string of the molecule is Nc1ccc(OS(=O)(=[OH+])F)cc1. The van der Waals surface area contributed by atoms with Gasteiger partial charge in [0.25, 0.3) is 0 Å². The van der Waals surface area contributed by atoms with E-state index in [9.17, 15) is 8.09 Å². The number of anilines is 1. The number of benzene rings is 1. The third-order valence-electron chi connectivity index (χ3n) is 1.08. The van der Waals surface area contributed by atoms with Crippen LogP contribution in [0.3, 0.4) is 0 Å². The van der Waals surface area contributed by atoms with Crippen LogP contribution in [0.5, 0.6) is 5.75 Å². The summed E-state index contributed by atoms with van der Waals surface area (Å²) in [6, 6.07) is 5.45. The van der Waals surface area contributed by atoms with Gasteiger partial charge in [-0.05, 0) is 28.2 Å². The summed E-state index contributed by atoms with van der Waals surface area (Å²) in [4.78, 5) is 0. The molecule has 1 aromatic carbocycles. The van der Waals surface area contributed by atoms with Gasteiger partial charge in [-0.25, -0.2) is 0 Å². The minimum absolute atomic E-state index is 0.0424. The van der Waals surface area contributed by atoms with E-state index in [0.29, 0.717) is 5.69 Å². The molecule has 0 bridgehead atoms. The molecule has 0 spiro atoms. The molecule has 0 aromatic heterocycles. The quantitative estimate of drug-likeness (QED) is 0.432. The van der Waals surface area contributed by atoms with Crippen molar-refractivity contribution in [2.45, 2.75) is 0 Å². The van der Waals surface area contributed by atoms with E-state index in [0.717, 1.165) is 0 Å². The first-order valence-electron chi connectivity index (χ1n) is 2.98. The normalized spacial score (nSPS) is 15.1. The molecule has 12 heavy (non-hydrogen) atoms. The molecule has 1 unspecified atom stereocenters. The van der Waals surface area contributed by atoms with E-state index in [1.165, 1.54) is 24.3 Å². The molecule has 0 aliphatic carbocycles. The maximum absolute atomic E-state index is 12.0. The molecule has 1 aromatic rings. The number of rotatable bonds is 2. The average molecular weight is 192 g/mol. The van der Waals surface area contributed by atoms with Gasteiger partial charge in [-0.2, -0.15) is 4.21 Å². The molecule has 0 saturated carbocycles. The highest BCUT2D eigenvalue weighted by molar-refractivity contribution is 7.81.